The summed E-state index contributed by atoms with van der Waals surface area (Å²) in [4.78, 5) is 2.17. The summed E-state index contributed by atoms with van der Waals surface area (Å²) in [5.74, 6) is 0.0699. The number of nitrogens with zero attached hydrogens (tertiary/aromatic N) is 2. The Morgan fingerprint density at radius 1 is 1.60 bits per heavy atom. The van der Waals surface area contributed by atoms with Gasteiger partial charge in [0.2, 0.25) is 0 Å². The van der Waals surface area contributed by atoms with Crippen molar-refractivity contribution in [1.82, 2.24) is 0 Å². The molecule has 0 radical (unpaired) electrons. The molecule has 1 saturated heterocycles. The molecule has 0 aliphatic carbocycles. The molecule has 2 unspecified atom stereocenters. The van der Waals surface area contributed by atoms with Crippen LogP contribution in [0.1, 0.15) is 12.5 Å². The van der Waals surface area contributed by atoms with E-state index in [9.17, 15) is 5.11 Å². The number of morpholine rings is 1. The first kappa shape index (κ1) is 15.1. The Morgan fingerprint density at radius 2 is 2.35 bits per heavy atom. The molecule has 2 rings (SSSR count). The number of hydrogen-bond acceptors (Lipinski definition) is 5. The quantitative estimate of drug-likeness (QED) is 0.331. The van der Waals surface area contributed by atoms with Gasteiger partial charge < -0.3 is 25.7 Å². The van der Waals surface area contributed by atoms with E-state index in [0.717, 1.165) is 10.2 Å². The largest absolute Gasteiger partial charge is 0.409 e. The fourth-order valence-corrected chi connectivity index (χ4v) is 2.83. The predicted octanol–water partition coefficient (Wildman–Crippen LogP) is 1.13. The first-order chi connectivity index (χ1) is 9.56. The van der Waals surface area contributed by atoms with Gasteiger partial charge in [0.1, 0.15) is 0 Å². The predicted molar refractivity (Wildman–Crippen MR) is 80.3 cm³/mol. The zero-order chi connectivity index (χ0) is 14.7. The summed E-state index contributed by atoms with van der Waals surface area (Å²) in [6.45, 7) is 3.26. The van der Waals surface area contributed by atoms with E-state index >= 15 is 0 Å². The molecule has 1 aliphatic heterocycles. The summed E-state index contributed by atoms with van der Waals surface area (Å²) in [7, 11) is 0. The van der Waals surface area contributed by atoms with Gasteiger partial charge in [-0.3, -0.25) is 0 Å². The van der Waals surface area contributed by atoms with Crippen LogP contribution in [0, 0.1) is 0 Å². The van der Waals surface area contributed by atoms with Gasteiger partial charge in [0.05, 0.1) is 25.0 Å². The lowest BCUT2D eigenvalue weighted by Gasteiger charge is -2.39. The molecule has 1 aliphatic rings. The molecule has 0 bridgehead atoms. The molecule has 4 N–H and O–H groups in total. The standard InChI is InChI=1S/C13H18BrN3O3/c1-8-7-20-10(6-18)5-17(8)12-3-2-9(4-11(12)14)13(15)16-19/h2-4,8,10,18-19H,5-7H2,1H3,(H2,15,16). The summed E-state index contributed by atoms with van der Waals surface area (Å²) in [5, 5.41) is 20.9. The van der Waals surface area contributed by atoms with Crippen LogP contribution in [-0.2, 0) is 4.74 Å². The monoisotopic (exact) mass is 343 g/mol. The Balaban J connectivity index is 2.27. The second-order valence-electron chi connectivity index (χ2n) is 4.79. The van der Waals surface area contributed by atoms with Gasteiger partial charge in [0, 0.05) is 22.6 Å². The van der Waals surface area contributed by atoms with E-state index in [2.05, 4.69) is 32.9 Å². The molecular formula is C13H18BrN3O3. The van der Waals surface area contributed by atoms with Crippen molar-refractivity contribution in [3.05, 3.63) is 28.2 Å². The first-order valence-corrected chi connectivity index (χ1v) is 7.12. The summed E-state index contributed by atoms with van der Waals surface area (Å²) >= 11 is 3.51. The molecule has 1 heterocycles. The number of halogens is 1. The van der Waals surface area contributed by atoms with Crippen molar-refractivity contribution in [3.8, 4) is 0 Å². The summed E-state index contributed by atoms with van der Waals surface area (Å²) < 4.78 is 6.38. The van der Waals surface area contributed by atoms with Crippen molar-refractivity contribution in [2.45, 2.75) is 19.1 Å². The molecule has 2 atom stereocenters. The van der Waals surface area contributed by atoms with Crippen LogP contribution in [0.4, 0.5) is 5.69 Å². The molecule has 0 spiro atoms. The zero-order valence-corrected chi connectivity index (χ0v) is 12.7. The number of nitrogens with two attached hydrogens (primary N) is 1. The lowest BCUT2D eigenvalue weighted by atomic mass is 10.1. The molecule has 6 nitrogen and oxygen atoms in total. The molecule has 0 amide bonds. The minimum atomic E-state index is -0.179. The molecule has 1 fully saturated rings. The van der Waals surface area contributed by atoms with E-state index < -0.39 is 0 Å². The van der Waals surface area contributed by atoms with Gasteiger partial charge in [0.15, 0.2) is 5.84 Å². The van der Waals surface area contributed by atoms with Crippen LogP contribution in [0.5, 0.6) is 0 Å². The van der Waals surface area contributed by atoms with Crippen LogP contribution in [0.3, 0.4) is 0 Å². The Hall–Kier alpha value is -1.31. The van der Waals surface area contributed by atoms with Gasteiger partial charge in [0.25, 0.3) is 0 Å². The van der Waals surface area contributed by atoms with Gasteiger partial charge in [-0.05, 0) is 41.1 Å². The summed E-state index contributed by atoms with van der Waals surface area (Å²) in [5.41, 5.74) is 7.21. The minimum Gasteiger partial charge on any atom is -0.409 e. The Bertz CT molecular complexity index is 510. The molecule has 110 valence electrons. The highest BCUT2D eigenvalue weighted by Gasteiger charge is 2.27. The van der Waals surface area contributed by atoms with Gasteiger partial charge >= 0.3 is 0 Å². The van der Waals surface area contributed by atoms with E-state index in [0.29, 0.717) is 18.7 Å². The second kappa shape index (κ2) is 6.43. The highest BCUT2D eigenvalue weighted by Crippen LogP contribution is 2.30. The van der Waals surface area contributed by atoms with Crippen LogP contribution in [-0.4, -0.2) is 48.1 Å². The van der Waals surface area contributed by atoms with Gasteiger partial charge in [-0.1, -0.05) is 5.16 Å². The first-order valence-electron chi connectivity index (χ1n) is 6.33. The highest BCUT2D eigenvalue weighted by atomic mass is 79.9. The lowest BCUT2D eigenvalue weighted by molar-refractivity contribution is -0.0103. The van der Waals surface area contributed by atoms with Crippen LogP contribution < -0.4 is 10.6 Å². The molecule has 7 heteroatoms. The van der Waals surface area contributed by atoms with Gasteiger partial charge in [-0.2, -0.15) is 0 Å². The minimum absolute atomic E-state index is 0.00302. The maximum atomic E-state index is 9.24. The molecule has 0 aromatic heterocycles. The normalized spacial score (nSPS) is 23.9. The Kier molecular flexibility index (Phi) is 4.85. The molecule has 20 heavy (non-hydrogen) atoms. The van der Waals surface area contributed by atoms with E-state index in [1.54, 1.807) is 12.1 Å². The number of amidine groups is 1. The van der Waals surface area contributed by atoms with Crippen LogP contribution >= 0.6 is 15.9 Å². The zero-order valence-electron chi connectivity index (χ0n) is 11.2. The van der Waals surface area contributed by atoms with Crippen molar-refractivity contribution in [3.63, 3.8) is 0 Å². The van der Waals surface area contributed by atoms with E-state index in [4.69, 9.17) is 15.7 Å². The third kappa shape index (κ3) is 3.05. The molecule has 1 aromatic carbocycles. The molecule has 1 aromatic rings. The Labute approximate surface area is 125 Å². The third-order valence-electron chi connectivity index (χ3n) is 3.37. The maximum Gasteiger partial charge on any atom is 0.170 e. The smallest absolute Gasteiger partial charge is 0.170 e. The number of hydrogen-bond donors (Lipinski definition) is 3. The fourth-order valence-electron chi connectivity index (χ4n) is 2.22. The van der Waals surface area contributed by atoms with Crippen LogP contribution in [0.25, 0.3) is 0 Å². The van der Waals surface area contributed by atoms with Gasteiger partial charge in [-0.25, -0.2) is 0 Å². The van der Waals surface area contributed by atoms with Crippen molar-refractivity contribution in [2.24, 2.45) is 10.9 Å². The topological polar surface area (TPSA) is 91.3 Å². The molecule has 0 saturated carbocycles. The number of oxime groups is 1. The fraction of sp³-hybridized carbons (Fsp3) is 0.462. The second-order valence-corrected chi connectivity index (χ2v) is 5.65. The number of rotatable bonds is 3. The number of anilines is 1. The number of aliphatic hydroxyl groups is 1. The summed E-state index contributed by atoms with van der Waals surface area (Å²) in [6.07, 6.45) is -0.179. The average molecular weight is 344 g/mol. The lowest BCUT2D eigenvalue weighted by Crippen LogP contribution is -2.49. The molecular weight excluding hydrogens is 326 g/mol. The van der Waals surface area contributed by atoms with Crippen LogP contribution in [0.15, 0.2) is 27.8 Å². The van der Waals surface area contributed by atoms with Crippen molar-refractivity contribution < 1.29 is 15.1 Å². The van der Waals surface area contributed by atoms with Crippen molar-refractivity contribution >= 4 is 27.5 Å². The van der Waals surface area contributed by atoms with Gasteiger partial charge in [-0.15, -0.1) is 0 Å². The van der Waals surface area contributed by atoms with Crippen molar-refractivity contribution in [1.29, 1.82) is 0 Å². The number of benzene rings is 1. The highest BCUT2D eigenvalue weighted by molar-refractivity contribution is 9.10. The maximum absolute atomic E-state index is 9.24. The Morgan fingerprint density at radius 3 is 2.95 bits per heavy atom. The number of aliphatic hydroxyl groups excluding tert-OH is 1. The van der Waals surface area contributed by atoms with E-state index in [1.165, 1.54) is 0 Å². The van der Waals surface area contributed by atoms with E-state index in [-0.39, 0.29) is 24.6 Å². The third-order valence-corrected chi connectivity index (χ3v) is 4.00. The number of ether oxygens (including phenoxy) is 1. The SMILES string of the molecule is CC1COC(CO)CN1c1ccc(/C(N)=N/O)cc1Br. The average Bonchev–Trinajstić information content (AvgIpc) is 2.47. The van der Waals surface area contributed by atoms with E-state index in [1.807, 2.05) is 6.07 Å². The summed E-state index contributed by atoms with van der Waals surface area (Å²) in [6, 6.07) is 5.73. The van der Waals surface area contributed by atoms with Crippen molar-refractivity contribution in [2.75, 3.05) is 24.7 Å². The van der Waals surface area contributed by atoms with Crippen LogP contribution in [0.2, 0.25) is 0 Å².